The molecule has 5 heteroatoms. The third kappa shape index (κ3) is 4.32. The van der Waals surface area contributed by atoms with Crippen LogP contribution in [0.15, 0.2) is 115 Å². The lowest BCUT2D eigenvalue weighted by Gasteiger charge is -2.28. The number of benzene rings is 4. The Hall–Kier alpha value is -3.36. The van der Waals surface area contributed by atoms with Crippen LogP contribution < -0.4 is 15.9 Å². The molecule has 0 saturated carbocycles. The molecule has 160 valence electrons. The van der Waals surface area contributed by atoms with E-state index in [1.807, 2.05) is 91.0 Å². The van der Waals surface area contributed by atoms with Gasteiger partial charge in [0.15, 0.2) is 5.78 Å². The molecule has 0 spiro atoms. The van der Waals surface area contributed by atoms with Crippen LogP contribution in [0.1, 0.15) is 15.9 Å². The Morgan fingerprint density at radius 1 is 0.625 bits per heavy atom. The molecule has 4 aromatic carbocycles. The van der Waals surface area contributed by atoms with Gasteiger partial charge in [-0.05, 0) is 40.7 Å². The smallest absolute Gasteiger partial charge is 0.289 e. The van der Waals surface area contributed by atoms with Gasteiger partial charge in [0.1, 0.15) is 0 Å². The van der Waals surface area contributed by atoms with Crippen LogP contribution >= 0.6 is 6.89 Å². The van der Waals surface area contributed by atoms with Crippen LogP contribution in [0.3, 0.4) is 0 Å². The van der Waals surface area contributed by atoms with Gasteiger partial charge in [0, 0.05) is 5.56 Å². The van der Waals surface area contributed by atoms with Crippen molar-refractivity contribution in [2.75, 3.05) is 0 Å². The average molecular weight is 448 g/mol. The highest BCUT2D eigenvalue weighted by atomic mass is 31.2. The van der Waals surface area contributed by atoms with Crippen molar-refractivity contribution < 1.29 is 18.0 Å². The van der Waals surface area contributed by atoms with Gasteiger partial charge in [0.05, 0.1) is 5.56 Å². The Labute approximate surface area is 185 Å². The summed E-state index contributed by atoms with van der Waals surface area (Å²) in [6.07, 6.45) is -4.51. The molecule has 0 bridgehead atoms. The highest BCUT2D eigenvalue weighted by Crippen LogP contribution is 2.44. The van der Waals surface area contributed by atoms with Crippen molar-refractivity contribution >= 4 is 34.4 Å². The highest BCUT2D eigenvalue weighted by Gasteiger charge is 2.31. The van der Waals surface area contributed by atoms with Gasteiger partial charge < -0.3 is 0 Å². The number of alkyl halides is 3. The molecule has 0 aromatic heterocycles. The number of carbonyl (C=O) groups excluding carboxylic acids is 1. The molecule has 0 radical (unpaired) electrons. The van der Waals surface area contributed by atoms with E-state index in [4.69, 9.17) is 0 Å². The lowest BCUT2D eigenvalue weighted by molar-refractivity contribution is -0.137. The third-order valence-electron chi connectivity index (χ3n) is 5.28. The molecule has 0 aliphatic carbocycles. The first-order valence-corrected chi connectivity index (χ1v) is 11.9. The maximum atomic E-state index is 13.5. The molecule has 0 aliphatic heterocycles. The van der Waals surface area contributed by atoms with Gasteiger partial charge in [-0.2, -0.15) is 13.2 Å². The topological polar surface area (TPSA) is 17.1 Å². The molecule has 4 rings (SSSR count). The summed E-state index contributed by atoms with van der Waals surface area (Å²) in [4.78, 5) is 13.5. The summed E-state index contributed by atoms with van der Waals surface area (Å²) in [7, 11) is 0. The van der Waals surface area contributed by atoms with Gasteiger partial charge in [0.25, 0.3) is 0 Å². The summed E-state index contributed by atoms with van der Waals surface area (Å²) in [5.74, 6) is 1.21. The van der Waals surface area contributed by atoms with Crippen LogP contribution in [0, 0.1) is 0 Å². The largest absolute Gasteiger partial charge is 0.416 e. The van der Waals surface area contributed by atoms with Crippen molar-refractivity contribution in [3.63, 3.8) is 0 Å². The average Bonchev–Trinajstić information content (AvgIpc) is 2.83. The number of halogens is 3. The van der Waals surface area contributed by atoms with Crippen LogP contribution in [-0.4, -0.2) is 11.6 Å². The molecule has 0 aliphatic rings. The molecule has 32 heavy (non-hydrogen) atoms. The molecule has 0 atom stereocenters. The van der Waals surface area contributed by atoms with Gasteiger partial charge in [-0.3, -0.25) is 4.79 Å². The summed E-state index contributed by atoms with van der Waals surface area (Å²) < 4.78 is 39.7. The van der Waals surface area contributed by atoms with E-state index in [0.717, 1.165) is 28.0 Å². The summed E-state index contributed by atoms with van der Waals surface area (Å²) >= 11 is 0. The van der Waals surface area contributed by atoms with Gasteiger partial charge in [-0.15, -0.1) is 0 Å². The number of hydrogen-bond acceptors (Lipinski definition) is 1. The molecule has 0 unspecified atom stereocenters. The Balaban J connectivity index is 2.02. The summed E-state index contributed by atoms with van der Waals surface area (Å²) in [6.45, 7) is -2.59. The fourth-order valence-corrected chi connectivity index (χ4v) is 7.53. The molecule has 4 aromatic rings. The molecule has 0 saturated heterocycles. The van der Waals surface area contributed by atoms with E-state index in [-0.39, 0.29) is 5.56 Å². The Kier molecular flexibility index (Phi) is 6.16. The predicted molar refractivity (Wildman–Crippen MR) is 127 cm³/mol. The Morgan fingerprint density at radius 2 is 1.06 bits per heavy atom. The van der Waals surface area contributed by atoms with Gasteiger partial charge >= 0.3 is 6.18 Å². The summed E-state index contributed by atoms with van der Waals surface area (Å²) in [6, 6.07) is 33.7. The SMILES string of the molecule is O=C(C=P(c1ccccc1)(c1ccccc1)c1ccccc1)c1cccc(C(F)(F)F)c1. The maximum Gasteiger partial charge on any atom is 0.416 e. The minimum atomic E-state index is -4.51. The van der Waals surface area contributed by atoms with E-state index in [2.05, 4.69) is 0 Å². The molecule has 0 heterocycles. The van der Waals surface area contributed by atoms with Gasteiger partial charge in [-0.25, -0.2) is 0 Å². The van der Waals surface area contributed by atoms with E-state index < -0.39 is 24.4 Å². The van der Waals surface area contributed by atoms with Gasteiger partial charge in [-0.1, -0.05) is 103 Å². The van der Waals surface area contributed by atoms with Crippen molar-refractivity contribution in [3.05, 3.63) is 126 Å². The number of rotatable bonds is 5. The van der Waals surface area contributed by atoms with E-state index in [9.17, 15) is 18.0 Å². The quantitative estimate of drug-likeness (QED) is 0.283. The number of ketones is 1. The van der Waals surface area contributed by atoms with Crippen molar-refractivity contribution in [2.24, 2.45) is 0 Å². The second kappa shape index (κ2) is 9.02. The molecule has 0 amide bonds. The highest BCUT2D eigenvalue weighted by molar-refractivity contribution is 7.95. The van der Waals surface area contributed by atoms with Crippen LogP contribution in [-0.2, 0) is 6.18 Å². The lowest BCUT2D eigenvalue weighted by atomic mass is 10.1. The second-order valence-electron chi connectivity index (χ2n) is 7.30. The van der Waals surface area contributed by atoms with Crippen molar-refractivity contribution in [3.8, 4) is 0 Å². The van der Waals surface area contributed by atoms with Crippen LogP contribution in [0.5, 0.6) is 0 Å². The molecular weight excluding hydrogens is 428 g/mol. The normalized spacial score (nSPS) is 11.7. The van der Waals surface area contributed by atoms with Crippen LogP contribution in [0.4, 0.5) is 13.2 Å². The molecule has 1 nitrogen and oxygen atoms in total. The van der Waals surface area contributed by atoms with Crippen LogP contribution in [0.2, 0.25) is 0 Å². The third-order valence-corrected chi connectivity index (χ3v) is 9.24. The molecular formula is C27H20F3OP. The lowest BCUT2D eigenvalue weighted by Crippen LogP contribution is -2.28. The van der Waals surface area contributed by atoms with E-state index in [0.29, 0.717) is 0 Å². The van der Waals surface area contributed by atoms with E-state index >= 15 is 0 Å². The zero-order chi connectivity index (χ0) is 22.6. The predicted octanol–water partition coefficient (Wildman–Crippen LogP) is 5.68. The minimum Gasteiger partial charge on any atom is -0.289 e. The Bertz CT molecular complexity index is 1160. The fourth-order valence-electron chi connectivity index (χ4n) is 3.76. The van der Waals surface area contributed by atoms with Crippen LogP contribution in [0.25, 0.3) is 0 Å². The monoisotopic (exact) mass is 448 g/mol. The first kappa shape index (κ1) is 21.9. The van der Waals surface area contributed by atoms with Crippen molar-refractivity contribution in [2.45, 2.75) is 6.18 Å². The first-order valence-electron chi connectivity index (χ1n) is 10.0. The first-order chi connectivity index (χ1) is 15.4. The summed E-state index contributed by atoms with van der Waals surface area (Å²) in [5.41, 5.74) is -0.813. The van der Waals surface area contributed by atoms with Crippen molar-refractivity contribution in [1.29, 1.82) is 0 Å². The standard InChI is InChI=1S/C27H20F3OP/c28-27(29,30)22-12-10-11-21(19-22)26(31)20-32(23-13-4-1-5-14-23,24-15-6-2-7-16-24)25-17-8-3-9-18-25/h1-20H. The molecule has 0 N–H and O–H groups in total. The second-order valence-corrected chi connectivity index (χ2v) is 10.6. The number of Topliss-reactive ketones (excluding diaryl/α,β-unsaturated/α-hetero) is 1. The number of carbonyl (C=O) groups is 1. The van der Waals surface area contributed by atoms with E-state index in [1.165, 1.54) is 12.1 Å². The minimum absolute atomic E-state index is 0.0204. The zero-order valence-electron chi connectivity index (χ0n) is 17.0. The summed E-state index contributed by atoms with van der Waals surface area (Å²) in [5, 5.41) is 2.87. The number of hydrogen-bond donors (Lipinski definition) is 0. The molecule has 0 fully saturated rings. The van der Waals surface area contributed by atoms with E-state index in [1.54, 1.807) is 5.80 Å². The fraction of sp³-hybridized carbons (Fsp3) is 0.0370. The maximum absolute atomic E-state index is 13.5. The Morgan fingerprint density at radius 3 is 1.47 bits per heavy atom. The van der Waals surface area contributed by atoms with Gasteiger partial charge in [0.2, 0.25) is 0 Å². The zero-order valence-corrected chi connectivity index (χ0v) is 17.9. The van der Waals surface area contributed by atoms with Crippen molar-refractivity contribution in [1.82, 2.24) is 0 Å².